The molecule has 0 aromatic rings. The Morgan fingerprint density at radius 3 is 2.93 bits per heavy atom. The van der Waals surface area contributed by atoms with Gasteiger partial charge in [-0.25, -0.2) is 5.84 Å². The topological polar surface area (TPSA) is 70.8 Å². The van der Waals surface area contributed by atoms with Crippen LogP contribution in [-0.2, 0) is 9.63 Å². The van der Waals surface area contributed by atoms with Gasteiger partial charge in [0.25, 0.3) is 0 Å². The number of likely N-dealkylation sites (N-methyl/N-ethyl adjacent to an activating group) is 1. The van der Waals surface area contributed by atoms with E-state index in [4.69, 9.17) is 5.84 Å². The molecule has 0 bridgehead atoms. The van der Waals surface area contributed by atoms with E-state index in [1.807, 2.05) is 5.59 Å². The van der Waals surface area contributed by atoms with Crippen molar-refractivity contribution in [1.82, 2.24) is 15.4 Å². The summed E-state index contributed by atoms with van der Waals surface area (Å²) in [7, 11) is 2.12. The Hall–Kier alpha value is -0.690. The molecule has 0 spiro atoms. The molecule has 1 heterocycles. The number of piperazine rings is 1. The lowest BCUT2D eigenvalue weighted by Crippen LogP contribution is -2.50. The Morgan fingerprint density at radius 1 is 1.60 bits per heavy atom. The average molecular weight is 216 g/mol. The van der Waals surface area contributed by atoms with E-state index in [1.165, 1.54) is 0 Å². The number of nitrogens with one attached hydrogen (secondary N) is 1. The maximum absolute atomic E-state index is 11.0. The van der Waals surface area contributed by atoms with Crippen LogP contribution < -0.4 is 11.4 Å². The third-order valence-electron chi connectivity index (χ3n) is 2.85. The van der Waals surface area contributed by atoms with E-state index >= 15 is 0 Å². The number of hydrazine groups is 1. The van der Waals surface area contributed by atoms with E-state index in [-0.39, 0.29) is 5.97 Å². The molecule has 88 valence electrons. The molecule has 1 aliphatic rings. The maximum Gasteiger partial charge on any atom is 0.327 e. The summed E-state index contributed by atoms with van der Waals surface area (Å²) in [6.07, 6.45) is 0.376. The molecule has 1 saturated heterocycles. The highest BCUT2D eigenvalue weighted by atomic mass is 16.7. The first-order chi connectivity index (χ1) is 7.13. The van der Waals surface area contributed by atoms with E-state index < -0.39 is 0 Å². The number of rotatable bonds is 4. The molecule has 0 aromatic carbocycles. The lowest BCUT2D eigenvalue weighted by atomic mass is 10.2. The van der Waals surface area contributed by atoms with Gasteiger partial charge in [-0.3, -0.25) is 9.69 Å². The molecular formula is C9H20N4O2. The van der Waals surface area contributed by atoms with Gasteiger partial charge < -0.3 is 9.74 Å². The Morgan fingerprint density at radius 2 is 2.33 bits per heavy atom. The molecule has 1 unspecified atom stereocenters. The van der Waals surface area contributed by atoms with E-state index in [9.17, 15) is 4.79 Å². The quantitative estimate of drug-likeness (QED) is 0.461. The summed E-state index contributed by atoms with van der Waals surface area (Å²) in [4.78, 5) is 20.0. The van der Waals surface area contributed by atoms with Gasteiger partial charge in [0.15, 0.2) is 0 Å². The molecule has 0 saturated carbocycles. The largest absolute Gasteiger partial charge is 0.356 e. The summed E-state index contributed by atoms with van der Waals surface area (Å²) in [5.41, 5.74) is 1.89. The highest BCUT2D eigenvalue weighted by Gasteiger charge is 2.20. The highest BCUT2D eigenvalue weighted by molar-refractivity contribution is 5.69. The fourth-order valence-corrected chi connectivity index (χ4v) is 1.69. The highest BCUT2D eigenvalue weighted by Crippen LogP contribution is 2.07. The minimum atomic E-state index is -0.316. The Kier molecular flexibility index (Phi) is 4.97. The van der Waals surface area contributed by atoms with E-state index in [0.717, 1.165) is 26.2 Å². The van der Waals surface area contributed by atoms with Crippen LogP contribution in [0.4, 0.5) is 0 Å². The van der Waals surface area contributed by atoms with Crippen molar-refractivity contribution in [3.63, 3.8) is 0 Å². The number of hydrogen-bond donors (Lipinski definition) is 2. The third kappa shape index (κ3) is 4.13. The van der Waals surface area contributed by atoms with Crippen LogP contribution in [0.15, 0.2) is 0 Å². The second kappa shape index (κ2) is 6.02. The van der Waals surface area contributed by atoms with Crippen LogP contribution >= 0.6 is 0 Å². The molecule has 0 radical (unpaired) electrons. The van der Waals surface area contributed by atoms with Crippen molar-refractivity contribution in [3.8, 4) is 0 Å². The van der Waals surface area contributed by atoms with Crippen LogP contribution in [0.5, 0.6) is 0 Å². The lowest BCUT2D eigenvalue weighted by Gasteiger charge is -2.37. The van der Waals surface area contributed by atoms with Crippen LogP contribution in [0.2, 0.25) is 0 Å². The van der Waals surface area contributed by atoms with Gasteiger partial charge in [-0.1, -0.05) is 5.59 Å². The zero-order valence-electron chi connectivity index (χ0n) is 9.40. The van der Waals surface area contributed by atoms with Crippen LogP contribution in [0.25, 0.3) is 0 Å². The average Bonchev–Trinajstić information content (AvgIpc) is 2.20. The number of carbonyl (C=O) groups is 1. The second-order valence-corrected chi connectivity index (χ2v) is 3.97. The van der Waals surface area contributed by atoms with Crippen LogP contribution in [0, 0.1) is 0 Å². The minimum Gasteiger partial charge on any atom is -0.356 e. The first-order valence-electron chi connectivity index (χ1n) is 5.21. The van der Waals surface area contributed by atoms with E-state index in [1.54, 1.807) is 0 Å². The molecule has 6 nitrogen and oxygen atoms in total. The molecule has 1 atom stereocenters. The first-order valence-corrected chi connectivity index (χ1v) is 5.21. The molecule has 1 rings (SSSR count). The van der Waals surface area contributed by atoms with Gasteiger partial charge in [0.05, 0.1) is 6.42 Å². The summed E-state index contributed by atoms with van der Waals surface area (Å²) in [6.45, 7) is 5.97. The Bertz CT molecular complexity index is 212. The van der Waals surface area contributed by atoms with Gasteiger partial charge in [0.2, 0.25) is 0 Å². The Labute approximate surface area is 90.3 Å². The van der Waals surface area contributed by atoms with Gasteiger partial charge in [-0.15, -0.1) is 0 Å². The SMILES string of the molecule is CC1CN(CCC(=O)ONN)CCN1C. The van der Waals surface area contributed by atoms with Crippen LogP contribution in [-0.4, -0.2) is 55.0 Å². The standard InChI is InChI=1S/C9H20N4O2/c1-8-7-13(6-5-12(8)2)4-3-9(14)15-11-10/h8,11H,3-7,10H2,1-2H3. The van der Waals surface area contributed by atoms with Crippen LogP contribution in [0.3, 0.4) is 0 Å². The first kappa shape index (κ1) is 12.4. The van der Waals surface area contributed by atoms with Crippen molar-refractivity contribution in [2.45, 2.75) is 19.4 Å². The Balaban J connectivity index is 2.19. The minimum absolute atomic E-state index is 0.316. The molecule has 6 heteroatoms. The van der Waals surface area contributed by atoms with Crippen molar-refractivity contribution in [2.75, 3.05) is 33.2 Å². The van der Waals surface area contributed by atoms with Crippen molar-refractivity contribution >= 4 is 5.97 Å². The monoisotopic (exact) mass is 216 g/mol. The fourth-order valence-electron chi connectivity index (χ4n) is 1.69. The van der Waals surface area contributed by atoms with Gasteiger partial charge >= 0.3 is 5.97 Å². The summed E-state index contributed by atoms with van der Waals surface area (Å²) in [5.74, 6) is 4.55. The van der Waals surface area contributed by atoms with Gasteiger partial charge in [0.1, 0.15) is 0 Å². The number of nitrogens with two attached hydrogens (primary N) is 1. The smallest absolute Gasteiger partial charge is 0.327 e. The fraction of sp³-hybridized carbons (Fsp3) is 0.889. The zero-order chi connectivity index (χ0) is 11.3. The third-order valence-corrected chi connectivity index (χ3v) is 2.85. The molecular weight excluding hydrogens is 196 g/mol. The van der Waals surface area contributed by atoms with Crippen molar-refractivity contribution in [3.05, 3.63) is 0 Å². The number of nitrogens with zero attached hydrogens (tertiary/aromatic N) is 2. The molecule has 1 fully saturated rings. The molecule has 0 aromatic heterocycles. The van der Waals surface area contributed by atoms with E-state index in [0.29, 0.717) is 12.5 Å². The molecule has 0 amide bonds. The normalized spacial score (nSPS) is 24.1. The molecule has 15 heavy (non-hydrogen) atoms. The lowest BCUT2D eigenvalue weighted by molar-refractivity contribution is -0.151. The van der Waals surface area contributed by atoms with Gasteiger partial charge in [-0.05, 0) is 14.0 Å². The second-order valence-electron chi connectivity index (χ2n) is 3.97. The zero-order valence-corrected chi connectivity index (χ0v) is 9.40. The van der Waals surface area contributed by atoms with Crippen molar-refractivity contribution in [2.24, 2.45) is 5.84 Å². The molecule has 0 aliphatic carbocycles. The summed E-state index contributed by atoms with van der Waals surface area (Å²) < 4.78 is 0. The molecule has 3 N–H and O–H groups in total. The number of hydrogen-bond acceptors (Lipinski definition) is 6. The van der Waals surface area contributed by atoms with Crippen molar-refractivity contribution in [1.29, 1.82) is 0 Å². The van der Waals surface area contributed by atoms with Crippen LogP contribution in [0.1, 0.15) is 13.3 Å². The van der Waals surface area contributed by atoms with Gasteiger partial charge in [-0.2, -0.15) is 0 Å². The van der Waals surface area contributed by atoms with Gasteiger partial charge in [0, 0.05) is 32.2 Å². The predicted molar refractivity (Wildman–Crippen MR) is 56.6 cm³/mol. The number of carbonyl (C=O) groups excluding carboxylic acids is 1. The molecule has 1 aliphatic heterocycles. The summed E-state index contributed by atoms with van der Waals surface area (Å²) >= 11 is 0. The summed E-state index contributed by atoms with van der Waals surface area (Å²) in [6, 6.07) is 0.544. The van der Waals surface area contributed by atoms with E-state index in [2.05, 4.69) is 28.6 Å². The maximum atomic E-state index is 11.0. The predicted octanol–water partition coefficient (Wildman–Crippen LogP) is -1.07. The summed E-state index contributed by atoms with van der Waals surface area (Å²) in [5, 5.41) is 0. The van der Waals surface area contributed by atoms with Crippen molar-refractivity contribution < 1.29 is 9.63 Å².